The normalized spacial score (nSPS) is 22.0. The first kappa shape index (κ1) is 18.5. The number of hydrogen-bond donors (Lipinski definition) is 1. The minimum absolute atomic E-state index is 0.0870. The molecular weight excluding hydrogens is 434 g/mol. The maximum Gasteiger partial charge on any atom is 0.219 e. The van der Waals surface area contributed by atoms with Gasteiger partial charge in [0.25, 0.3) is 0 Å². The summed E-state index contributed by atoms with van der Waals surface area (Å²) in [4.78, 5) is 13.7. The number of amides is 1. The topological polar surface area (TPSA) is 65.4 Å². The van der Waals surface area contributed by atoms with Crippen molar-refractivity contribution in [3.8, 4) is 11.5 Å². The molecular formula is C22H22BrN3O3. The van der Waals surface area contributed by atoms with Crippen LogP contribution < -0.4 is 4.74 Å². The average Bonchev–Trinajstić information content (AvgIpc) is 3.16. The minimum atomic E-state index is -0.546. The van der Waals surface area contributed by atoms with Crippen LogP contribution in [0.5, 0.6) is 11.5 Å². The lowest BCUT2D eigenvalue weighted by molar-refractivity contribution is -0.158. The summed E-state index contributed by atoms with van der Waals surface area (Å²) in [6, 6.07) is 13.4. The summed E-state index contributed by atoms with van der Waals surface area (Å²) in [7, 11) is 0. The smallest absolute Gasteiger partial charge is 0.219 e. The Bertz CT molecular complexity index is 997. The van der Waals surface area contributed by atoms with E-state index in [9.17, 15) is 9.90 Å². The molecule has 1 saturated heterocycles. The summed E-state index contributed by atoms with van der Waals surface area (Å²) >= 11 is 3.58. The van der Waals surface area contributed by atoms with Gasteiger partial charge in [0.15, 0.2) is 0 Å². The van der Waals surface area contributed by atoms with E-state index >= 15 is 0 Å². The largest absolute Gasteiger partial charge is 0.508 e. The van der Waals surface area contributed by atoms with Crippen LogP contribution in [-0.2, 0) is 4.79 Å². The van der Waals surface area contributed by atoms with Crippen molar-refractivity contribution in [3.63, 3.8) is 0 Å². The molecule has 1 fully saturated rings. The van der Waals surface area contributed by atoms with Gasteiger partial charge in [-0.15, -0.1) is 0 Å². The molecule has 0 aliphatic carbocycles. The molecule has 0 bridgehead atoms. The lowest BCUT2D eigenvalue weighted by Crippen LogP contribution is -2.59. The predicted molar refractivity (Wildman–Crippen MR) is 113 cm³/mol. The van der Waals surface area contributed by atoms with E-state index in [2.05, 4.69) is 27.0 Å². The maximum atomic E-state index is 11.8. The van der Waals surface area contributed by atoms with Gasteiger partial charge in [-0.1, -0.05) is 15.9 Å². The van der Waals surface area contributed by atoms with Crippen molar-refractivity contribution in [1.29, 1.82) is 0 Å². The number of carbonyl (C=O) groups is 1. The molecule has 150 valence electrons. The number of piperidine rings is 1. The second-order valence-corrected chi connectivity index (χ2v) is 8.81. The molecule has 5 rings (SSSR count). The van der Waals surface area contributed by atoms with Gasteiger partial charge in [-0.05, 0) is 48.0 Å². The van der Waals surface area contributed by atoms with Crippen molar-refractivity contribution < 1.29 is 14.6 Å². The first-order chi connectivity index (χ1) is 13.9. The number of fused-ring (bicyclic) bond motifs is 4. The van der Waals surface area contributed by atoms with Crippen LogP contribution in [0.2, 0.25) is 0 Å². The number of ether oxygens (including phenoxy) is 1. The molecule has 1 amide bonds. The second-order valence-electron chi connectivity index (χ2n) is 7.89. The van der Waals surface area contributed by atoms with E-state index in [-0.39, 0.29) is 17.7 Å². The van der Waals surface area contributed by atoms with Gasteiger partial charge in [0.2, 0.25) is 11.6 Å². The Hall–Kier alpha value is -2.54. The summed E-state index contributed by atoms with van der Waals surface area (Å²) in [5.41, 5.74) is 2.57. The fourth-order valence-corrected chi connectivity index (χ4v) is 4.96. The molecule has 7 heteroatoms. The molecule has 1 unspecified atom stereocenters. The van der Waals surface area contributed by atoms with Crippen LogP contribution >= 0.6 is 15.9 Å². The number of rotatable bonds is 1. The SMILES string of the molecule is CC(=O)N1CCC2(CC1)Oc1ccc(Br)cc1C1CC(c3ccc(O)cc3)=NN12. The number of halogens is 1. The zero-order valence-electron chi connectivity index (χ0n) is 16.1. The number of hydrazone groups is 1. The van der Waals surface area contributed by atoms with Crippen molar-refractivity contribution in [2.45, 2.75) is 38.0 Å². The zero-order chi connectivity index (χ0) is 20.2. The van der Waals surface area contributed by atoms with Crippen LogP contribution in [0.4, 0.5) is 0 Å². The third-order valence-corrected chi connectivity index (χ3v) is 6.64. The number of hydrogen-bond acceptors (Lipinski definition) is 5. The summed E-state index contributed by atoms with van der Waals surface area (Å²) in [6.07, 6.45) is 2.20. The van der Waals surface area contributed by atoms with Crippen LogP contribution in [0.3, 0.4) is 0 Å². The summed E-state index contributed by atoms with van der Waals surface area (Å²) in [5, 5.41) is 16.8. The number of aromatic hydroxyl groups is 1. The summed E-state index contributed by atoms with van der Waals surface area (Å²) < 4.78 is 7.59. The van der Waals surface area contributed by atoms with Gasteiger partial charge in [0.1, 0.15) is 11.5 Å². The van der Waals surface area contributed by atoms with Crippen LogP contribution in [0, 0.1) is 0 Å². The van der Waals surface area contributed by atoms with E-state index < -0.39 is 5.72 Å². The first-order valence-corrected chi connectivity index (χ1v) is 10.6. The molecule has 0 radical (unpaired) electrons. The fourth-order valence-electron chi connectivity index (χ4n) is 4.58. The quantitative estimate of drug-likeness (QED) is 0.704. The van der Waals surface area contributed by atoms with Gasteiger partial charge >= 0.3 is 0 Å². The van der Waals surface area contributed by atoms with E-state index in [1.807, 2.05) is 29.2 Å². The van der Waals surface area contributed by atoms with Gasteiger partial charge in [-0.2, -0.15) is 5.10 Å². The van der Waals surface area contributed by atoms with Crippen molar-refractivity contribution in [2.24, 2.45) is 5.10 Å². The van der Waals surface area contributed by atoms with Crippen LogP contribution in [0.15, 0.2) is 52.0 Å². The van der Waals surface area contributed by atoms with Crippen molar-refractivity contribution in [2.75, 3.05) is 13.1 Å². The number of nitrogens with zero attached hydrogens (tertiary/aromatic N) is 3. The maximum absolute atomic E-state index is 11.8. The molecule has 3 heterocycles. The van der Waals surface area contributed by atoms with E-state index in [1.165, 1.54) is 0 Å². The fraction of sp³-hybridized carbons (Fsp3) is 0.364. The monoisotopic (exact) mass is 455 g/mol. The molecule has 3 aliphatic heterocycles. The van der Waals surface area contributed by atoms with Gasteiger partial charge in [0.05, 0.1) is 11.8 Å². The van der Waals surface area contributed by atoms with Crippen LogP contribution in [0.25, 0.3) is 0 Å². The second kappa shape index (κ2) is 6.76. The molecule has 29 heavy (non-hydrogen) atoms. The number of benzene rings is 2. The molecule has 2 aromatic rings. The molecule has 3 aliphatic rings. The predicted octanol–water partition coefficient (Wildman–Crippen LogP) is 4.04. The minimum Gasteiger partial charge on any atom is -0.508 e. The van der Waals surface area contributed by atoms with Crippen molar-refractivity contribution in [1.82, 2.24) is 9.91 Å². The Morgan fingerprint density at radius 3 is 2.62 bits per heavy atom. The molecule has 0 saturated carbocycles. The standard InChI is InChI=1S/C22H22BrN3O3/c1-14(27)25-10-8-22(9-11-25)26-20(18-12-16(23)4-7-21(18)29-22)13-19(24-26)15-2-5-17(28)6-3-15/h2-7,12,20,28H,8-11,13H2,1H3. The van der Waals surface area contributed by atoms with Crippen molar-refractivity contribution >= 4 is 27.5 Å². The molecule has 1 N–H and O–H groups in total. The van der Waals surface area contributed by atoms with Crippen molar-refractivity contribution in [3.05, 3.63) is 58.1 Å². The Kier molecular flexibility index (Phi) is 4.31. The number of likely N-dealkylation sites (tertiary alicyclic amines) is 1. The molecule has 2 aromatic carbocycles. The van der Waals surface area contributed by atoms with Gasteiger partial charge in [-0.25, -0.2) is 5.01 Å². The van der Waals surface area contributed by atoms with Gasteiger partial charge in [0, 0.05) is 49.3 Å². The van der Waals surface area contributed by atoms with E-state index in [0.29, 0.717) is 25.9 Å². The van der Waals surface area contributed by atoms with Crippen LogP contribution in [-0.4, -0.2) is 45.4 Å². The number of carbonyl (C=O) groups excluding carboxylic acids is 1. The highest BCUT2D eigenvalue weighted by atomic mass is 79.9. The van der Waals surface area contributed by atoms with Gasteiger partial charge in [-0.3, -0.25) is 4.79 Å². The third-order valence-electron chi connectivity index (χ3n) is 6.15. The molecule has 1 spiro atoms. The molecule has 1 atom stereocenters. The average molecular weight is 456 g/mol. The Morgan fingerprint density at radius 2 is 1.93 bits per heavy atom. The third kappa shape index (κ3) is 3.08. The lowest BCUT2D eigenvalue weighted by atomic mass is 9.90. The van der Waals surface area contributed by atoms with E-state index in [0.717, 1.165) is 33.5 Å². The summed E-state index contributed by atoms with van der Waals surface area (Å²) in [6.45, 7) is 2.94. The Morgan fingerprint density at radius 1 is 1.21 bits per heavy atom. The lowest BCUT2D eigenvalue weighted by Gasteiger charge is -2.51. The number of phenols is 1. The molecule has 6 nitrogen and oxygen atoms in total. The summed E-state index contributed by atoms with van der Waals surface area (Å²) in [5.74, 6) is 1.25. The highest BCUT2D eigenvalue weighted by molar-refractivity contribution is 9.10. The first-order valence-electron chi connectivity index (χ1n) is 9.85. The Labute approximate surface area is 177 Å². The van der Waals surface area contributed by atoms with E-state index in [1.54, 1.807) is 19.1 Å². The van der Waals surface area contributed by atoms with Crippen LogP contribution in [0.1, 0.15) is 43.4 Å². The highest BCUT2D eigenvalue weighted by Gasteiger charge is 2.52. The van der Waals surface area contributed by atoms with Gasteiger partial charge < -0.3 is 14.7 Å². The van der Waals surface area contributed by atoms with E-state index in [4.69, 9.17) is 9.84 Å². The molecule has 0 aromatic heterocycles. The number of phenolic OH excluding ortho intramolecular Hbond substituents is 1. The zero-order valence-corrected chi connectivity index (χ0v) is 17.7. The highest BCUT2D eigenvalue weighted by Crippen LogP contribution is 2.50. The Balaban J connectivity index is 1.55.